The molecule has 1 saturated heterocycles. The van der Waals surface area contributed by atoms with E-state index in [1.165, 1.54) is 16.7 Å². The number of amides is 1. The highest BCUT2D eigenvalue weighted by Crippen LogP contribution is 2.19. The molecule has 114 valence electrons. The van der Waals surface area contributed by atoms with Crippen LogP contribution in [0.25, 0.3) is 0 Å². The number of aryl methyl sites for hydroxylation is 2. The van der Waals surface area contributed by atoms with Crippen LogP contribution >= 0.6 is 12.6 Å². The molecule has 0 N–H and O–H groups in total. The lowest BCUT2D eigenvalue weighted by Crippen LogP contribution is -2.24. The molecule has 0 saturated carbocycles. The largest absolute Gasteiger partial charge is 0.337 e. The van der Waals surface area contributed by atoms with Crippen molar-refractivity contribution in [1.29, 1.82) is 0 Å². The number of nitrogens with zero attached hydrogens (tertiary/aromatic N) is 1. The molecular formula is C19H21NOS. The van der Waals surface area contributed by atoms with E-state index in [9.17, 15) is 4.79 Å². The van der Waals surface area contributed by atoms with Gasteiger partial charge in [-0.25, -0.2) is 0 Å². The molecular weight excluding hydrogens is 290 g/mol. The Bertz CT molecular complexity index is 624. The second kappa shape index (κ2) is 7.01. The van der Waals surface area contributed by atoms with Crippen LogP contribution in [0.3, 0.4) is 0 Å². The zero-order valence-corrected chi connectivity index (χ0v) is 13.5. The van der Waals surface area contributed by atoms with Crippen LogP contribution in [0.5, 0.6) is 0 Å². The topological polar surface area (TPSA) is 20.3 Å². The van der Waals surface area contributed by atoms with Crippen LogP contribution in [0.15, 0.2) is 54.6 Å². The van der Waals surface area contributed by atoms with Gasteiger partial charge >= 0.3 is 0 Å². The smallest absolute Gasteiger partial charge is 0.224 e. The van der Waals surface area contributed by atoms with Gasteiger partial charge in [0.05, 0.1) is 0 Å². The monoisotopic (exact) mass is 311 g/mol. The highest BCUT2D eigenvalue weighted by molar-refractivity contribution is 7.81. The molecule has 0 spiro atoms. The van der Waals surface area contributed by atoms with Gasteiger partial charge in [0.25, 0.3) is 0 Å². The van der Waals surface area contributed by atoms with Crippen LogP contribution in [0.2, 0.25) is 0 Å². The van der Waals surface area contributed by atoms with E-state index in [0.717, 1.165) is 19.4 Å². The van der Waals surface area contributed by atoms with Gasteiger partial charge in [0.15, 0.2) is 0 Å². The molecule has 0 aromatic heterocycles. The number of thiol groups is 1. The van der Waals surface area contributed by atoms with E-state index >= 15 is 0 Å². The van der Waals surface area contributed by atoms with E-state index in [0.29, 0.717) is 13.0 Å². The molecule has 0 bridgehead atoms. The van der Waals surface area contributed by atoms with E-state index in [-0.39, 0.29) is 11.2 Å². The lowest BCUT2D eigenvalue weighted by molar-refractivity contribution is -0.128. The third-order valence-electron chi connectivity index (χ3n) is 4.14. The lowest BCUT2D eigenvalue weighted by atomic mass is 10.0. The Hall–Kier alpha value is -1.74. The first-order valence-electron chi connectivity index (χ1n) is 7.78. The van der Waals surface area contributed by atoms with Crippen molar-refractivity contribution in [3.05, 3.63) is 71.3 Å². The Kier molecular flexibility index (Phi) is 4.84. The maximum Gasteiger partial charge on any atom is 0.224 e. The van der Waals surface area contributed by atoms with Crippen LogP contribution in [0.4, 0.5) is 0 Å². The van der Waals surface area contributed by atoms with Gasteiger partial charge < -0.3 is 4.90 Å². The van der Waals surface area contributed by atoms with Gasteiger partial charge in [-0.05, 0) is 29.5 Å². The Morgan fingerprint density at radius 2 is 1.50 bits per heavy atom. The first-order valence-corrected chi connectivity index (χ1v) is 8.30. The maximum absolute atomic E-state index is 11.8. The normalized spacial score (nSPS) is 18.0. The zero-order valence-electron chi connectivity index (χ0n) is 12.6. The summed E-state index contributed by atoms with van der Waals surface area (Å²) < 4.78 is 0. The lowest BCUT2D eigenvalue weighted by Gasteiger charge is -2.16. The summed E-state index contributed by atoms with van der Waals surface area (Å²) in [5, 5.41) is 0.192. The fourth-order valence-electron chi connectivity index (χ4n) is 2.87. The number of hydrogen-bond donors (Lipinski definition) is 1. The molecule has 0 radical (unpaired) electrons. The molecule has 0 aliphatic carbocycles. The van der Waals surface area contributed by atoms with Crippen molar-refractivity contribution in [3.63, 3.8) is 0 Å². The molecule has 3 rings (SSSR count). The van der Waals surface area contributed by atoms with Crippen molar-refractivity contribution < 1.29 is 4.79 Å². The average Bonchev–Trinajstić information content (AvgIpc) is 2.85. The second-order valence-electron chi connectivity index (χ2n) is 5.93. The summed E-state index contributed by atoms with van der Waals surface area (Å²) in [6, 6.07) is 19.2. The van der Waals surface area contributed by atoms with Crippen molar-refractivity contribution >= 4 is 18.5 Å². The van der Waals surface area contributed by atoms with Crippen LogP contribution in [-0.2, 0) is 24.2 Å². The first kappa shape index (κ1) is 15.2. The molecule has 2 aromatic rings. The van der Waals surface area contributed by atoms with E-state index in [4.69, 9.17) is 0 Å². The number of carbonyl (C=O) groups is 1. The van der Waals surface area contributed by atoms with Crippen molar-refractivity contribution in [2.24, 2.45) is 0 Å². The molecule has 1 fully saturated rings. The van der Waals surface area contributed by atoms with Crippen LogP contribution in [0, 0.1) is 0 Å². The molecule has 1 unspecified atom stereocenters. The van der Waals surface area contributed by atoms with Crippen molar-refractivity contribution in [3.8, 4) is 0 Å². The highest BCUT2D eigenvalue weighted by Gasteiger charge is 2.26. The minimum Gasteiger partial charge on any atom is -0.337 e. The molecule has 2 aromatic carbocycles. The molecule has 2 nitrogen and oxygen atoms in total. The van der Waals surface area contributed by atoms with Crippen molar-refractivity contribution in [2.75, 3.05) is 6.54 Å². The number of benzene rings is 2. The summed E-state index contributed by atoms with van der Waals surface area (Å²) in [6.45, 7) is 1.46. The van der Waals surface area contributed by atoms with Gasteiger partial charge in [0.1, 0.15) is 0 Å². The standard InChI is InChI=1S/C19H21NOS/c21-19-12-18(22)14-20(19)13-17-10-8-16(9-11-17)7-6-15-4-2-1-3-5-15/h1-5,8-11,18,22H,6-7,12-14H2. The summed E-state index contributed by atoms with van der Waals surface area (Å²) in [4.78, 5) is 13.7. The Morgan fingerprint density at radius 1 is 0.909 bits per heavy atom. The maximum atomic E-state index is 11.8. The van der Waals surface area contributed by atoms with Crippen molar-refractivity contribution in [2.45, 2.75) is 31.1 Å². The molecule has 1 aliphatic heterocycles. The van der Waals surface area contributed by atoms with Crippen LogP contribution in [0.1, 0.15) is 23.1 Å². The van der Waals surface area contributed by atoms with Gasteiger partial charge in [0, 0.05) is 24.8 Å². The predicted octanol–water partition coefficient (Wildman–Crippen LogP) is 3.50. The van der Waals surface area contributed by atoms with Gasteiger partial charge in [-0.15, -0.1) is 0 Å². The first-order chi connectivity index (χ1) is 10.7. The summed E-state index contributed by atoms with van der Waals surface area (Å²) in [7, 11) is 0. The number of rotatable bonds is 5. The summed E-state index contributed by atoms with van der Waals surface area (Å²) in [6.07, 6.45) is 2.68. The molecule has 1 heterocycles. The van der Waals surface area contributed by atoms with Crippen LogP contribution in [-0.4, -0.2) is 22.6 Å². The molecule has 22 heavy (non-hydrogen) atoms. The van der Waals surface area contributed by atoms with Crippen LogP contribution < -0.4 is 0 Å². The van der Waals surface area contributed by atoms with E-state index < -0.39 is 0 Å². The molecule has 1 amide bonds. The average molecular weight is 311 g/mol. The second-order valence-corrected chi connectivity index (χ2v) is 6.66. The summed E-state index contributed by atoms with van der Waals surface area (Å²) >= 11 is 4.39. The van der Waals surface area contributed by atoms with E-state index in [2.05, 4.69) is 61.2 Å². The molecule has 3 heteroatoms. The minimum absolute atomic E-state index is 0.192. The summed E-state index contributed by atoms with van der Waals surface area (Å²) in [5.41, 5.74) is 3.90. The predicted molar refractivity (Wildman–Crippen MR) is 93.1 cm³/mol. The Labute approximate surface area is 137 Å². The van der Waals surface area contributed by atoms with Gasteiger partial charge in [0.2, 0.25) is 5.91 Å². The summed E-state index contributed by atoms with van der Waals surface area (Å²) in [5.74, 6) is 0.216. The quantitative estimate of drug-likeness (QED) is 0.838. The third-order valence-corrected chi connectivity index (χ3v) is 4.48. The minimum atomic E-state index is 0.192. The SMILES string of the molecule is O=C1CC(S)CN1Cc1ccc(CCc2ccccc2)cc1. The fraction of sp³-hybridized carbons (Fsp3) is 0.316. The van der Waals surface area contributed by atoms with Crippen molar-refractivity contribution in [1.82, 2.24) is 4.90 Å². The zero-order chi connectivity index (χ0) is 15.4. The number of hydrogen-bond acceptors (Lipinski definition) is 2. The van der Waals surface area contributed by atoms with E-state index in [1.54, 1.807) is 0 Å². The van der Waals surface area contributed by atoms with Gasteiger partial charge in [-0.3, -0.25) is 4.79 Å². The number of carbonyl (C=O) groups excluding carboxylic acids is 1. The molecule has 1 atom stereocenters. The fourth-order valence-corrected chi connectivity index (χ4v) is 3.22. The number of likely N-dealkylation sites (tertiary alicyclic amines) is 1. The Morgan fingerprint density at radius 3 is 2.09 bits per heavy atom. The van der Waals surface area contributed by atoms with E-state index in [1.807, 2.05) is 11.0 Å². The highest BCUT2D eigenvalue weighted by atomic mass is 32.1. The van der Waals surface area contributed by atoms with Gasteiger partial charge in [-0.1, -0.05) is 54.6 Å². The third kappa shape index (κ3) is 3.92. The van der Waals surface area contributed by atoms with Gasteiger partial charge in [-0.2, -0.15) is 12.6 Å². The molecule has 1 aliphatic rings. The Balaban J connectivity index is 1.55.